The van der Waals surface area contributed by atoms with Gasteiger partial charge in [-0.3, -0.25) is 0 Å². The molecule has 1 fully saturated rings. The van der Waals surface area contributed by atoms with E-state index in [1.54, 1.807) is 0 Å². The van der Waals surface area contributed by atoms with Crippen molar-refractivity contribution in [1.29, 1.82) is 0 Å². The Kier molecular flexibility index (Phi) is 5.80. The number of ether oxygens (including phenoxy) is 1. The van der Waals surface area contributed by atoms with Gasteiger partial charge in [-0.1, -0.05) is 11.6 Å². The van der Waals surface area contributed by atoms with Crippen molar-refractivity contribution in [3.8, 4) is 5.75 Å². The van der Waals surface area contributed by atoms with Gasteiger partial charge in [-0.05, 0) is 79.4 Å². The molecule has 1 saturated heterocycles. The Morgan fingerprint density at radius 3 is 2.72 bits per heavy atom. The van der Waals surface area contributed by atoms with Gasteiger partial charge in [0.25, 0.3) is 0 Å². The molecule has 1 aliphatic rings. The maximum Gasteiger partial charge on any atom is 0.133 e. The van der Waals surface area contributed by atoms with Gasteiger partial charge >= 0.3 is 0 Å². The summed E-state index contributed by atoms with van der Waals surface area (Å²) in [4.78, 5) is 2.54. The first-order chi connectivity index (χ1) is 8.75. The fourth-order valence-electron chi connectivity index (χ4n) is 2.22. The highest BCUT2D eigenvalue weighted by Crippen LogP contribution is 2.28. The van der Waals surface area contributed by atoms with Gasteiger partial charge < -0.3 is 9.64 Å². The van der Waals surface area contributed by atoms with Crippen LogP contribution in [0, 0.1) is 0 Å². The van der Waals surface area contributed by atoms with Crippen LogP contribution in [0.1, 0.15) is 25.7 Å². The maximum atomic E-state index is 5.88. The minimum absolute atomic E-state index is 0.725. The zero-order valence-electron chi connectivity index (χ0n) is 10.5. The summed E-state index contributed by atoms with van der Waals surface area (Å²) in [5.41, 5.74) is 0. The number of nitrogens with zero attached hydrogens (tertiary/aromatic N) is 1. The number of likely N-dealkylation sites (tertiary alicyclic amines) is 1. The second kappa shape index (κ2) is 7.37. The Hall–Kier alpha value is -0.250. The van der Waals surface area contributed by atoms with E-state index in [-0.39, 0.29) is 0 Å². The summed E-state index contributed by atoms with van der Waals surface area (Å²) in [7, 11) is 0. The van der Waals surface area contributed by atoms with E-state index in [2.05, 4.69) is 20.8 Å². The molecule has 0 amide bonds. The summed E-state index contributed by atoms with van der Waals surface area (Å²) >= 11 is 9.33. The molecular formula is C14H19BrClNO. The number of hydrogen-bond acceptors (Lipinski definition) is 2. The quantitative estimate of drug-likeness (QED) is 0.718. The third-order valence-electron chi connectivity index (χ3n) is 3.22. The molecule has 0 aliphatic carbocycles. The van der Waals surface area contributed by atoms with Gasteiger partial charge in [0.2, 0.25) is 0 Å². The second-order valence-electron chi connectivity index (χ2n) is 4.68. The monoisotopic (exact) mass is 331 g/mol. The summed E-state index contributed by atoms with van der Waals surface area (Å²) in [5.74, 6) is 0.876. The molecule has 100 valence electrons. The topological polar surface area (TPSA) is 12.5 Å². The van der Waals surface area contributed by atoms with E-state index < -0.39 is 0 Å². The molecule has 0 N–H and O–H groups in total. The van der Waals surface area contributed by atoms with Gasteiger partial charge in [-0.2, -0.15) is 0 Å². The Labute approximate surface area is 122 Å². The average molecular weight is 333 g/mol. The molecule has 1 aromatic carbocycles. The third kappa shape index (κ3) is 4.45. The van der Waals surface area contributed by atoms with Crippen molar-refractivity contribution in [1.82, 2.24) is 4.90 Å². The minimum Gasteiger partial charge on any atom is -0.492 e. The van der Waals surface area contributed by atoms with Crippen molar-refractivity contribution in [2.45, 2.75) is 25.7 Å². The lowest BCUT2D eigenvalue weighted by Gasteiger charge is -2.14. The van der Waals surface area contributed by atoms with Crippen LogP contribution in [-0.4, -0.2) is 31.1 Å². The minimum atomic E-state index is 0.725. The number of unbranched alkanes of at least 4 members (excludes halogenated alkanes) is 1. The largest absolute Gasteiger partial charge is 0.492 e. The molecule has 2 rings (SSSR count). The highest BCUT2D eigenvalue weighted by molar-refractivity contribution is 9.10. The molecule has 0 unspecified atom stereocenters. The zero-order valence-corrected chi connectivity index (χ0v) is 12.8. The summed E-state index contributed by atoms with van der Waals surface area (Å²) in [6.45, 7) is 4.55. The fraction of sp³-hybridized carbons (Fsp3) is 0.571. The third-order valence-corrected chi connectivity index (χ3v) is 4.07. The van der Waals surface area contributed by atoms with E-state index >= 15 is 0 Å². The van der Waals surface area contributed by atoms with Gasteiger partial charge in [-0.25, -0.2) is 0 Å². The van der Waals surface area contributed by atoms with E-state index in [1.807, 2.05) is 18.2 Å². The summed E-state index contributed by atoms with van der Waals surface area (Å²) in [6.07, 6.45) is 5.05. The zero-order chi connectivity index (χ0) is 12.8. The van der Waals surface area contributed by atoms with Gasteiger partial charge in [0.05, 0.1) is 11.1 Å². The van der Waals surface area contributed by atoms with Crippen LogP contribution in [0.25, 0.3) is 0 Å². The molecule has 0 spiro atoms. The Bertz CT molecular complexity index is 380. The van der Waals surface area contributed by atoms with Crippen LogP contribution in [0.3, 0.4) is 0 Å². The molecule has 4 heteroatoms. The van der Waals surface area contributed by atoms with Crippen LogP contribution >= 0.6 is 27.5 Å². The first-order valence-electron chi connectivity index (χ1n) is 6.56. The highest BCUT2D eigenvalue weighted by Gasteiger charge is 2.10. The number of benzene rings is 1. The Morgan fingerprint density at radius 1 is 1.22 bits per heavy atom. The van der Waals surface area contributed by atoms with Crippen LogP contribution in [0.4, 0.5) is 0 Å². The maximum absolute atomic E-state index is 5.88. The molecule has 0 atom stereocenters. The number of halogens is 2. The first kappa shape index (κ1) is 14.2. The predicted octanol–water partition coefficient (Wildman–Crippen LogP) is 4.36. The van der Waals surface area contributed by atoms with Gasteiger partial charge in [0, 0.05) is 5.02 Å². The van der Waals surface area contributed by atoms with Gasteiger partial charge in [-0.15, -0.1) is 0 Å². The van der Waals surface area contributed by atoms with Gasteiger partial charge in [0.1, 0.15) is 5.75 Å². The predicted molar refractivity (Wildman–Crippen MR) is 79.6 cm³/mol. The molecule has 0 aromatic heterocycles. The van der Waals surface area contributed by atoms with Crippen molar-refractivity contribution in [2.24, 2.45) is 0 Å². The van der Waals surface area contributed by atoms with Crippen molar-refractivity contribution in [2.75, 3.05) is 26.2 Å². The second-order valence-corrected chi connectivity index (χ2v) is 5.97. The molecule has 18 heavy (non-hydrogen) atoms. The van der Waals surface area contributed by atoms with Crippen LogP contribution < -0.4 is 4.74 Å². The molecular weight excluding hydrogens is 314 g/mol. The lowest BCUT2D eigenvalue weighted by atomic mass is 10.3. The van der Waals surface area contributed by atoms with Crippen molar-refractivity contribution < 1.29 is 4.74 Å². The summed E-state index contributed by atoms with van der Waals surface area (Å²) in [5, 5.41) is 0.725. The molecule has 1 aromatic rings. The van der Waals surface area contributed by atoms with Crippen LogP contribution in [-0.2, 0) is 0 Å². The van der Waals surface area contributed by atoms with Crippen molar-refractivity contribution >= 4 is 27.5 Å². The summed E-state index contributed by atoms with van der Waals surface area (Å²) in [6, 6.07) is 5.62. The number of rotatable bonds is 6. The van der Waals surface area contributed by atoms with Gasteiger partial charge in [0.15, 0.2) is 0 Å². The van der Waals surface area contributed by atoms with Crippen molar-refractivity contribution in [3.63, 3.8) is 0 Å². The van der Waals surface area contributed by atoms with E-state index in [9.17, 15) is 0 Å². The molecule has 0 saturated carbocycles. The van der Waals surface area contributed by atoms with E-state index in [4.69, 9.17) is 16.3 Å². The van der Waals surface area contributed by atoms with Crippen LogP contribution in [0.5, 0.6) is 5.75 Å². The average Bonchev–Trinajstić information content (AvgIpc) is 2.84. The SMILES string of the molecule is Clc1ccc(OCCCCN2CCCC2)c(Br)c1. The highest BCUT2D eigenvalue weighted by atomic mass is 79.9. The molecule has 1 heterocycles. The lowest BCUT2D eigenvalue weighted by Crippen LogP contribution is -2.20. The number of hydrogen-bond donors (Lipinski definition) is 0. The first-order valence-corrected chi connectivity index (χ1v) is 7.73. The Morgan fingerprint density at radius 2 is 2.00 bits per heavy atom. The van der Waals surface area contributed by atoms with E-state index in [1.165, 1.54) is 38.9 Å². The molecule has 2 nitrogen and oxygen atoms in total. The van der Waals surface area contributed by atoms with Crippen LogP contribution in [0.2, 0.25) is 5.02 Å². The smallest absolute Gasteiger partial charge is 0.133 e. The lowest BCUT2D eigenvalue weighted by molar-refractivity contribution is 0.278. The normalized spacial score (nSPS) is 16.1. The molecule has 1 aliphatic heterocycles. The molecule has 0 radical (unpaired) electrons. The standard InChI is InChI=1S/C14H19BrClNO/c15-13-11-12(16)5-6-14(13)18-10-4-3-9-17-7-1-2-8-17/h5-6,11H,1-4,7-10H2. The van der Waals surface area contributed by atoms with E-state index in [0.29, 0.717) is 0 Å². The fourth-order valence-corrected chi connectivity index (χ4v) is 3.02. The summed E-state index contributed by atoms with van der Waals surface area (Å²) < 4.78 is 6.66. The Balaban J connectivity index is 1.62. The van der Waals surface area contributed by atoms with E-state index in [0.717, 1.165) is 28.3 Å². The van der Waals surface area contributed by atoms with Crippen LogP contribution in [0.15, 0.2) is 22.7 Å². The van der Waals surface area contributed by atoms with Crippen molar-refractivity contribution in [3.05, 3.63) is 27.7 Å². The molecule has 0 bridgehead atoms.